The van der Waals surface area contributed by atoms with Crippen molar-refractivity contribution < 1.29 is 95.9 Å². The Morgan fingerprint density at radius 2 is 0.500 bits per heavy atom. The van der Waals surface area contributed by atoms with Gasteiger partial charge in [0.05, 0.1) is 0 Å². The smallest absolute Gasteiger partial charge is 0.854 e. The molecule has 0 aliphatic heterocycles. The molecule has 0 aliphatic carbocycles. The Labute approximate surface area is 200 Å². The van der Waals surface area contributed by atoms with Gasteiger partial charge in [0.15, 0.2) is 0 Å². The van der Waals surface area contributed by atoms with Crippen molar-refractivity contribution in [1.82, 2.24) is 0 Å². The van der Waals surface area contributed by atoms with Gasteiger partial charge in [-0.2, -0.15) is 0 Å². The fourth-order valence-corrected chi connectivity index (χ4v) is 0.577. The number of hydrogen-bond acceptors (Lipinski definition) is 4. The van der Waals surface area contributed by atoms with Crippen LogP contribution in [0.2, 0.25) is 0 Å². The number of hydrogen-bond donors (Lipinski definition) is 0. The molecular formula is C16H36Li4O4. The molecule has 0 radical (unpaired) electrons. The molecule has 0 aromatic heterocycles. The second-order valence-corrected chi connectivity index (χ2v) is 4.23. The third kappa shape index (κ3) is 125. The molecule has 0 aromatic carbocycles. The minimum Gasteiger partial charge on any atom is -0.854 e. The quantitative estimate of drug-likeness (QED) is 0.415. The molecule has 0 saturated heterocycles. The standard InChI is InChI=1S/4C4H9O.4Li/c4*1-2-3-4-5;;;;/h4*2-4H2,1H3;;;;/q4*-1;4*+1. The molecule has 0 aromatic rings. The zero-order chi connectivity index (χ0) is 16.5. The first-order valence-corrected chi connectivity index (χ1v) is 7.98. The van der Waals surface area contributed by atoms with Gasteiger partial charge >= 0.3 is 75.4 Å². The third-order valence-electron chi connectivity index (χ3n) is 1.99. The van der Waals surface area contributed by atoms with Gasteiger partial charge in [-0.05, 0) is 0 Å². The summed E-state index contributed by atoms with van der Waals surface area (Å²) in [5.41, 5.74) is 0. The Morgan fingerprint density at radius 3 is 0.500 bits per heavy atom. The van der Waals surface area contributed by atoms with Gasteiger partial charge in [0.2, 0.25) is 0 Å². The van der Waals surface area contributed by atoms with Gasteiger partial charge in [-0.25, -0.2) is 0 Å². The van der Waals surface area contributed by atoms with Crippen LogP contribution in [0.1, 0.15) is 79.1 Å². The van der Waals surface area contributed by atoms with Gasteiger partial charge in [-0.15, -0.1) is 26.4 Å². The molecule has 0 bridgehead atoms. The second-order valence-electron chi connectivity index (χ2n) is 4.23. The monoisotopic (exact) mass is 320 g/mol. The summed E-state index contributed by atoms with van der Waals surface area (Å²) in [7, 11) is 0. The van der Waals surface area contributed by atoms with Crippen molar-refractivity contribution in [1.29, 1.82) is 0 Å². The fourth-order valence-electron chi connectivity index (χ4n) is 0.577. The van der Waals surface area contributed by atoms with Crippen molar-refractivity contribution in [3.63, 3.8) is 0 Å². The van der Waals surface area contributed by atoms with Crippen LogP contribution in [0.15, 0.2) is 0 Å². The topological polar surface area (TPSA) is 92.2 Å². The van der Waals surface area contributed by atoms with Gasteiger partial charge in [-0.1, -0.05) is 79.1 Å². The van der Waals surface area contributed by atoms with E-state index in [1.807, 2.05) is 27.7 Å². The van der Waals surface area contributed by atoms with Crippen molar-refractivity contribution in [2.75, 3.05) is 26.4 Å². The molecule has 0 heterocycles. The van der Waals surface area contributed by atoms with Gasteiger partial charge < -0.3 is 20.4 Å². The summed E-state index contributed by atoms with van der Waals surface area (Å²) in [6.45, 7) is 8.42. The molecule has 4 nitrogen and oxygen atoms in total. The van der Waals surface area contributed by atoms with E-state index in [0.29, 0.717) is 0 Å². The first-order chi connectivity index (χ1) is 9.66. The minimum absolute atomic E-state index is 0. The van der Waals surface area contributed by atoms with Crippen molar-refractivity contribution in [2.24, 2.45) is 0 Å². The Morgan fingerprint density at radius 1 is 0.375 bits per heavy atom. The van der Waals surface area contributed by atoms with Crippen LogP contribution in [0.4, 0.5) is 0 Å². The van der Waals surface area contributed by atoms with Crippen molar-refractivity contribution in [3.05, 3.63) is 0 Å². The van der Waals surface area contributed by atoms with Gasteiger partial charge in [0, 0.05) is 0 Å². The Balaban J connectivity index is -0.0000000225. The number of unbranched alkanes of at least 4 members (excludes halogenated alkanes) is 4. The molecule has 0 N–H and O–H groups in total. The van der Waals surface area contributed by atoms with E-state index >= 15 is 0 Å². The minimum atomic E-state index is 0. The van der Waals surface area contributed by atoms with E-state index in [-0.39, 0.29) is 102 Å². The predicted octanol–water partition coefficient (Wildman–Crippen LogP) is -11.4. The van der Waals surface area contributed by atoms with Crippen molar-refractivity contribution >= 4 is 0 Å². The van der Waals surface area contributed by atoms with E-state index in [2.05, 4.69) is 0 Å². The maximum atomic E-state index is 9.53. The molecule has 0 rings (SSSR count). The Bertz CT molecular complexity index is 84.1. The normalized spacial score (nSPS) is 7.00. The summed E-state index contributed by atoms with van der Waals surface area (Å²) < 4.78 is 0. The SMILES string of the molecule is CCCC[O-].CCCC[O-].CCCC[O-].CCCC[O-].[Li+].[Li+].[Li+].[Li+]. The van der Waals surface area contributed by atoms with Crippen LogP contribution in [0.25, 0.3) is 0 Å². The zero-order valence-corrected chi connectivity index (χ0v) is 18.1. The van der Waals surface area contributed by atoms with Gasteiger partial charge in [-0.3, -0.25) is 0 Å². The molecule has 0 unspecified atom stereocenters. The van der Waals surface area contributed by atoms with E-state index in [0.717, 1.165) is 51.4 Å². The van der Waals surface area contributed by atoms with Gasteiger partial charge in [0.1, 0.15) is 0 Å². The summed E-state index contributed by atoms with van der Waals surface area (Å²) in [5, 5.41) is 38.1. The fraction of sp³-hybridized carbons (Fsp3) is 1.00. The molecule has 128 valence electrons. The molecule has 0 amide bonds. The molecule has 0 spiro atoms. The van der Waals surface area contributed by atoms with E-state index in [9.17, 15) is 20.4 Å². The first kappa shape index (κ1) is 50.2. The van der Waals surface area contributed by atoms with Gasteiger partial charge in [0.25, 0.3) is 0 Å². The molecule has 24 heavy (non-hydrogen) atoms. The summed E-state index contributed by atoms with van der Waals surface area (Å²) in [5.74, 6) is 0. The Kier molecular flexibility index (Phi) is 153. The van der Waals surface area contributed by atoms with E-state index in [4.69, 9.17) is 0 Å². The molecule has 0 saturated carbocycles. The number of rotatable bonds is 8. The predicted molar refractivity (Wildman–Crippen MR) is 79.1 cm³/mol. The van der Waals surface area contributed by atoms with E-state index in [1.165, 1.54) is 0 Å². The van der Waals surface area contributed by atoms with Crippen molar-refractivity contribution in [2.45, 2.75) is 79.1 Å². The van der Waals surface area contributed by atoms with Crippen LogP contribution in [0, 0.1) is 0 Å². The average Bonchev–Trinajstić information content (AvgIpc) is 2.44. The maximum Gasteiger partial charge on any atom is 1.00 e. The van der Waals surface area contributed by atoms with Crippen LogP contribution < -0.4 is 95.9 Å². The average molecular weight is 320 g/mol. The van der Waals surface area contributed by atoms with E-state index in [1.54, 1.807) is 0 Å². The summed E-state index contributed by atoms with van der Waals surface area (Å²) >= 11 is 0. The Hall–Kier alpha value is 2.23. The van der Waals surface area contributed by atoms with E-state index < -0.39 is 0 Å². The summed E-state index contributed by atoms with van der Waals surface area (Å²) in [6, 6.07) is 0. The summed E-state index contributed by atoms with van der Waals surface area (Å²) in [6.07, 6.45) is 7.46. The molecule has 0 aliphatic rings. The van der Waals surface area contributed by atoms with Crippen LogP contribution in [-0.2, 0) is 0 Å². The van der Waals surface area contributed by atoms with Crippen LogP contribution in [0.5, 0.6) is 0 Å². The molecule has 0 atom stereocenters. The molecule has 0 fully saturated rings. The maximum absolute atomic E-state index is 9.53. The van der Waals surface area contributed by atoms with Crippen LogP contribution in [-0.4, -0.2) is 26.4 Å². The van der Waals surface area contributed by atoms with Crippen LogP contribution >= 0.6 is 0 Å². The summed E-state index contributed by atoms with van der Waals surface area (Å²) in [4.78, 5) is 0. The first-order valence-electron chi connectivity index (χ1n) is 7.98. The zero-order valence-electron chi connectivity index (χ0n) is 18.1. The second kappa shape index (κ2) is 73.2. The van der Waals surface area contributed by atoms with Crippen LogP contribution in [0.3, 0.4) is 0 Å². The van der Waals surface area contributed by atoms with Crippen molar-refractivity contribution in [3.8, 4) is 0 Å². The largest absolute Gasteiger partial charge is 1.00 e. The third-order valence-corrected chi connectivity index (χ3v) is 1.99. The molecular weight excluding hydrogens is 284 g/mol. The molecule has 8 heteroatoms.